The van der Waals surface area contributed by atoms with Crippen molar-refractivity contribution in [2.24, 2.45) is 0 Å². The van der Waals surface area contributed by atoms with Crippen LogP contribution in [-0.4, -0.2) is 24.1 Å². The maximum atomic E-state index is 13.2. The number of methoxy groups -OCH3 is 1. The number of urea groups is 1. The number of nitrogens with one attached hydrogen (secondary N) is 1. The smallest absolute Gasteiger partial charge is 0.318 e. The van der Waals surface area contributed by atoms with Gasteiger partial charge in [-0.1, -0.05) is 42.5 Å². The molecule has 1 heterocycles. The first kappa shape index (κ1) is 20.5. The van der Waals surface area contributed by atoms with Gasteiger partial charge in [0.05, 0.1) is 19.7 Å². The van der Waals surface area contributed by atoms with Crippen LogP contribution in [0.15, 0.2) is 71.1 Å². The van der Waals surface area contributed by atoms with Gasteiger partial charge in [0, 0.05) is 6.04 Å². The van der Waals surface area contributed by atoms with Crippen LogP contribution in [0.5, 0.6) is 5.75 Å². The maximum Gasteiger partial charge on any atom is 0.318 e. The third kappa shape index (κ3) is 5.19. The standard InChI is InChI=1S/C24H28N2O3/c1-17(2)26(16-22-13-10-18(3)29-22)24(27)25-23(19-8-6-5-7-9-19)20-11-14-21(28-4)15-12-20/h5-15,17,23H,16H2,1-4H3,(H,25,27). The number of amides is 2. The molecule has 0 radical (unpaired) electrons. The van der Waals surface area contributed by atoms with Gasteiger partial charge < -0.3 is 19.4 Å². The molecule has 0 saturated heterocycles. The topological polar surface area (TPSA) is 54.7 Å². The SMILES string of the molecule is COc1ccc(C(NC(=O)N(Cc2ccc(C)o2)C(C)C)c2ccccc2)cc1. The van der Waals surface area contributed by atoms with Crippen LogP contribution in [0.3, 0.4) is 0 Å². The highest BCUT2D eigenvalue weighted by molar-refractivity contribution is 5.75. The first-order valence-corrected chi connectivity index (χ1v) is 9.79. The molecule has 2 aromatic carbocycles. The van der Waals surface area contributed by atoms with E-state index in [1.807, 2.05) is 87.5 Å². The zero-order chi connectivity index (χ0) is 20.8. The van der Waals surface area contributed by atoms with E-state index in [4.69, 9.17) is 9.15 Å². The molecule has 0 aliphatic carbocycles. The van der Waals surface area contributed by atoms with Crippen LogP contribution in [0.25, 0.3) is 0 Å². The number of carbonyl (C=O) groups excluding carboxylic acids is 1. The molecular weight excluding hydrogens is 364 g/mol. The Hall–Kier alpha value is -3.21. The highest BCUT2D eigenvalue weighted by atomic mass is 16.5. The first-order valence-electron chi connectivity index (χ1n) is 9.79. The summed E-state index contributed by atoms with van der Waals surface area (Å²) in [6, 6.07) is 21.2. The molecule has 0 spiro atoms. The molecule has 1 N–H and O–H groups in total. The van der Waals surface area contributed by atoms with E-state index in [1.54, 1.807) is 12.0 Å². The van der Waals surface area contributed by atoms with Crippen LogP contribution < -0.4 is 10.1 Å². The predicted molar refractivity (Wildman–Crippen MR) is 114 cm³/mol. The van der Waals surface area contributed by atoms with Crippen LogP contribution in [-0.2, 0) is 6.54 Å². The zero-order valence-electron chi connectivity index (χ0n) is 17.4. The minimum atomic E-state index is -0.269. The molecule has 0 aliphatic heterocycles. The number of nitrogens with zero attached hydrogens (tertiary/aromatic N) is 1. The predicted octanol–water partition coefficient (Wildman–Crippen LogP) is 5.31. The van der Waals surface area contributed by atoms with E-state index in [0.29, 0.717) is 6.54 Å². The molecule has 1 aromatic heterocycles. The van der Waals surface area contributed by atoms with Gasteiger partial charge in [-0.25, -0.2) is 4.79 Å². The Labute approximate surface area is 172 Å². The number of carbonyl (C=O) groups is 1. The Bertz CT molecular complexity index is 917. The molecule has 29 heavy (non-hydrogen) atoms. The molecule has 0 fully saturated rings. The quantitative estimate of drug-likeness (QED) is 0.593. The van der Waals surface area contributed by atoms with Crippen molar-refractivity contribution in [3.05, 3.63) is 89.4 Å². The number of ether oxygens (including phenoxy) is 1. The van der Waals surface area contributed by atoms with E-state index < -0.39 is 0 Å². The Morgan fingerprint density at radius 1 is 1.00 bits per heavy atom. The monoisotopic (exact) mass is 392 g/mol. The number of aryl methyl sites for hydroxylation is 1. The third-order valence-electron chi connectivity index (χ3n) is 4.86. The second-order valence-electron chi connectivity index (χ2n) is 7.30. The minimum Gasteiger partial charge on any atom is -0.497 e. The molecule has 3 aromatic rings. The van der Waals surface area contributed by atoms with E-state index in [-0.39, 0.29) is 18.1 Å². The van der Waals surface area contributed by atoms with Gasteiger partial charge in [0.1, 0.15) is 17.3 Å². The molecular formula is C24H28N2O3. The second-order valence-corrected chi connectivity index (χ2v) is 7.30. The third-order valence-corrected chi connectivity index (χ3v) is 4.86. The molecule has 0 bridgehead atoms. The normalized spacial score (nSPS) is 11.9. The Morgan fingerprint density at radius 3 is 2.21 bits per heavy atom. The summed E-state index contributed by atoms with van der Waals surface area (Å²) in [5, 5.41) is 3.20. The lowest BCUT2D eigenvalue weighted by molar-refractivity contribution is 0.171. The van der Waals surface area contributed by atoms with Crippen molar-refractivity contribution in [2.75, 3.05) is 7.11 Å². The summed E-state index contributed by atoms with van der Waals surface area (Å²) in [5.41, 5.74) is 2.01. The van der Waals surface area contributed by atoms with Crippen molar-refractivity contribution in [2.45, 2.75) is 39.4 Å². The van der Waals surface area contributed by atoms with Crippen LogP contribution in [0.4, 0.5) is 4.79 Å². The largest absolute Gasteiger partial charge is 0.497 e. The van der Waals surface area contributed by atoms with Crippen molar-refractivity contribution < 1.29 is 13.9 Å². The summed E-state index contributed by atoms with van der Waals surface area (Å²) in [4.78, 5) is 15.0. The average Bonchev–Trinajstić information content (AvgIpc) is 3.15. The lowest BCUT2D eigenvalue weighted by Crippen LogP contribution is -2.44. The number of hydrogen-bond acceptors (Lipinski definition) is 3. The average molecular weight is 392 g/mol. The van der Waals surface area contributed by atoms with Gasteiger partial charge in [-0.2, -0.15) is 0 Å². The van der Waals surface area contributed by atoms with Gasteiger partial charge in [0.2, 0.25) is 0 Å². The van der Waals surface area contributed by atoms with E-state index in [1.165, 1.54) is 0 Å². The molecule has 2 amide bonds. The van der Waals surface area contributed by atoms with Gasteiger partial charge >= 0.3 is 6.03 Å². The molecule has 1 unspecified atom stereocenters. The molecule has 5 heteroatoms. The molecule has 0 saturated carbocycles. The Kier molecular flexibility index (Phi) is 6.60. The van der Waals surface area contributed by atoms with Crippen LogP contribution in [0.1, 0.15) is 42.5 Å². The summed E-state index contributed by atoms with van der Waals surface area (Å²) in [5.74, 6) is 2.39. The fourth-order valence-electron chi connectivity index (χ4n) is 3.23. The summed E-state index contributed by atoms with van der Waals surface area (Å²) in [6.45, 7) is 6.32. The lowest BCUT2D eigenvalue weighted by Gasteiger charge is -2.29. The maximum absolute atomic E-state index is 13.2. The molecule has 5 nitrogen and oxygen atoms in total. The van der Waals surface area contributed by atoms with Gasteiger partial charge in [0.25, 0.3) is 0 Å². The molecule has 3 rings (SSSR count). The van der Waals surface area contributed by atoms with Crippen LogP contribution in [0.2, 0.25) is 0 Å². The molecule has 152 valence electrons. The lowest BCUT2D eigenvalue weighted by atomic mass is 9.98. The second kappa shape index (κ2) is 9.32. The van der Waals surface area contributed by atoms with E-state index >= 15 is 0 Å². The minimum absolute atomic E-state index is 0.0210. The highest BCUT2D eigenvalue weighted by Crippen LogP contribution is 2.25. The summed E-state index contributed by atoms with van der Waals surface area (Å²) >= 11 is 0. The number of hydrogen-bond donors (Lipinski definition) is 1. The van der Waals surface area contributed by atoms with Gasteiger partial charge in [-0.05, 0) is 56.2 Å². The fraction of sp³-hybridized carbons (Fsp3) is 0.292. The van der Waals surface area contributed by atoms with Crippen molar-refractivity contribution in [3.63, 3.8) is 0 Å². The number of benzene rings is 2. The molecule has 0 aliphatic rings. The highest BCUT2D eigenvalue weighted by Gasteiger charge is 2.23. The Morgan fingerprint density at radius 2 is 1.66 bits per heavy atom. The van der Waals surface area contributed by atoms with Gasteiger partial charge in [0.15, 0.2) is 0 Å². The van der Waals surface area contributed by atoms with Gasteiger partial charge in [-0.15, -0.1) is 0 Å². The van der Waals surface area contributed by atoms with Crippen molar-refractivity contribution in [1.29, 1.82) is 0 Å². The van der Waals surface area contributed by atoms with Crippen molar-refractivity contribution in [1.82, 2.24) is 10.2 Å². The molecule has 1 atom stereocenters. The number of furan rings is 1. The first-order chi connectivity index (χ1) is 14.0. The summed E-state index contributed by atoms with van der Waals surface area (Å²) in [7, 11) is 1.64. The fourth-order valence-corrected chi connectivity index (χ4v) is 3.23. The Balaban J connectivity index is 1.85. The van der Waals surface area contributed by atoms with Crippen LogP contribution >= 0.6 is 0 Å². The number of rotatable bonds is 7. The van der Waals surface area contributed by atoms with E-state index in [0.717, 1.165) is 28.4 Å². The van der Waals surface area contributed by atoms with Crippen molar-refractivity contribution in [3.8, 4) is 5.75 Å². The summed E-state index contributed by atoms with van der Waals surface area (Å²) in [6.07, 6.45) is 0. The van der Waals surface area contributed by atoms with Crippen LogP contribution in [0, 0.1) is 6.92 Å². The zero-order valence-corrected chi connectivity index (χ0v) is 17.4. The van der Waals surface area contributed by atoms with E-state index in [9.17, 15) is 4.79 Å². The van der Waals surface area contributed by atoms with Gasteiger partial charge in [-0.3, -0.25) is 0 Å². The van der Waals surface area contributed by atoms with Crippen molar-refractivity contribution >= 4 is 6.03 Å². The summed E-state index contributed by atoms with van der Waals surface area (Å²) < 4.78 is 10.9. The van der Waals surface area contributed by atoms with E-state index in [2.05, 4.69) is 5.32 Å².